The number of hydrogen-bond donors (Lipinski definition) is 1. The van der Waals surface area contributed by atoms with Gasteiger partial charge in [-0.25, -0.2) is 4.79 Å². The second-order valence-corrected chi connectivity index (χ2v) is 6.81. The van der Waals surface area contributed by atoms with E-state index in [-0.39, 0.29) is 18.8 Å². The van der Waals surface area contributed by atoms with Crippen LogP contribution in [-0.2, 0) is 9.53 Å². The minimum absolute atomic E-state index is 0.0747. The van der Waals surface area contributed by atoms with Gasteiger partial charge in [-0.05, 0) is 61.4 Å². The van der Waals surface area contributed by atoms with E-state index >= 15 is 0 Å². The molecule has 0 radical (unpaired) electrons. The van der Waals surface area contributed by atoms with E-state index in [1.54, 1.807) is 0 Å². The molecule has 0 amide bonds. The van der Waals surface area contributed by atoms with Crippen molar-refractivity contribution >= 4 is 5.97 Å². The predicted octanol–water partition coefficient (Wildman–Crippen LogP) is 4.49. The van der Waals surface area contributed by atoms with Crippen molar-refractivity contribution in [1.29, 1.82) is 0 Å². The number of carbonyl (C=O) groups is 1. The zero-order chi connectivity index (χ0) is 17.8. The van der Waals surface area contributed by atoms with Crippen LogP contribution in [0.2, 0.25) is 0 Å². The standard InChI is InChI=1S/C21H24O4/c1-14(2)25-19-5-3-4-17(10-19)15-6-8-16(9-7-15)18-11-20(12-18)24-13-21(22)23/h3-10,14,18,20H,11-13H2,1-2H3,(H,22,23)/t18-,20+. The van der Waals surface area contributed by atoms with Gasteiger partial charge in [-0.1, -0.05) is 36.4 Å². The summed E-state index contributed by atoms with van der Waals surface area (Å²) >= 11 is 0. The van der Waals surface area contributed by atoms with E-state index in [0.29, 0.717) is 5.92 Å². The Hall–Kier alpha value is -2.33. The first-order valence-corrected chi connectivity index (χ1v) is 8.71. The smallest absolute Gasteiger partial charge is 0.329 e. The van der Waals surface area contributed by atoms with Crippen LogP contribution in [0.4, 0.5) is 0 Å². The normalized spacial score (nSPS) is 19.5. The number of hydrogen-bond acceptors (Lipinski definition) is 3. The van der Waals surface area contributed by atoms with Crippen molar-refractivity contribution in [3.05, 3.63) is 54.1 Å². The van der Waals surface area contributed by atoms with Crippen molar-refractivity contribution in [3.63, 3.8) is 0 Å². The van der Waals surface area contributed by atoms with Gasteiger partial charge >= 0.3 is 5.97 Å². The van der Waals surface area contributed by atoms with Crippen LogP contribution in [0.5, 0.6) is 5.75 Å². The Balaban J connectivity index is 1.61. The van der Waals surface area contributed by atoms with Crippen molar-refractivity contribution in [2.24, 2.45) is 0 Å². The molecule has 1 aliphatic rings. The van der Waals surface area contributed by atoms with Gasteiger partial charge in [0.1, 0.15) is 12.4 Å². The van der Waals surface area contributed by atoms with Crippen LogP contribution in [0.15, 0.2) is 48.5 Å². The Morgan fingerprint density at radius 3 is 2.48 bits per heavy atom. The number of aliphatic carboxylic acids is 1. The first-order chi connectivity index (χ1) is 12.0. The highest BCUT2D eigenvalue weighted by atomic mass is 16.5. The minimum Gasteiger partial charge on any atom is -0.491 e. The molecule has 1 saturated carbocycles. The van der Waals surface area contributed by atoms with Gasteiger partial charge in [0.15, 0.2) is 0 Å². The molecular formula is C21H24O4. The van der Waals surface area contributed by atoms with Crippen LogP contribution in [0.25, 0.3) is 11.1 Å². The summed E-state index contributed by atoms with van der Waals surface area (Å²) in [5, 5.41) is 8.64. The van der Waals surface area contributed by atoms with E-state index in [0.717, 1.165) is 29.7 Å². The molecule has 0 atom stereocenters. The fraction of sp³-hybridized carbons (Fsp3) is 0.381. The molecule has 0 aromatic heterocycles. The monoisotopic (exact) mass is 340 g/mol. The number of rotatable bonds is 7. The number of carboxylic acids is 1. The van der Waals surface area contributed by atoms with Crippen molar-refractivity contribution in [1.82, 2.24) is 0 Å². The molecule has 0 spiro atoms. The van der Waals surface area contributed by atoms with Gasteiger partial charge in [-0.3, -0.25) is 0 Å². The van der Waals surface area contributed by atoms with Gasteiger partial charge in [0.25, 0.3) is 0 Å². The Morgan fingerprint density at radius 2 is 1.84 bits per heavy atom. The summed E-state index contributed by atoms with van der Waals surface area (Å²) in [4.78, 5) is 10.5. The highest BCUT2D eigenvalue weighted by Crippen LogP contribution is 2.39. The molecule has 0 unspecified atom stereocenters. The number of carboxylic acid groups (broad SMARTS) is 1. The molecule has 0 aliphatic heterocycles. The molecule has 1 aliphatic carbocycles. The lowest BCUT2D eigenvalue weighted by atomic mass is 9.77. The molecule has 4 heteroatoms. The largest absolute Gasteiger partial charge is 0.491 e. The zero-order valence-electron chi connectivity index (χ0n) is 14.6. The van der Waals surface area contributed by atoms with E-state index in [1.807, 2.05) is 26.0 Å². The highest BCUT2D eigenvalue weighted by Gasteiger charge is 2.31. The molecule has 25 heavy (non-hydrogen) atoms. The summed E-state index contributed by atoms with van der Waals surface area (Å²) in [5.74, 6) is 0.439. The first-order valence-electron chi connectivity index (χ1n) is 8.71. The fourth-order valence-electron chi connectivity index (χ4n) is 3.13. The van der Waals surface area contributed by atoms with Gasteiger partial charge in [-0.15, -0.1) is 0 Å². The average molecular weight is 340 g/mol. The highest BCUT2D eigenvalue weighted by molar-refractivity contribution is 5.68. The quantitative estimate of drug-likeness (QED) is 0.807. The maximum atomic E-state index is 10.5. The number of ether oxygens (including phenoxy) is 2. The van der Waals surface area contributed by atoms with Crippen molar-refractivity contribution in [3.8, 4) is 16.9 Å². The molecule has 0 saturated heterocycles. The summed E-state index contributed by atoms with van der Waals surface area (Å²) in [7, 11) is 0. The summed E-state index contributed by atoms with van der Waals surface area (Å²) in [6.45, 7) is 3.84. The van der Waals surface area contributed by atoms with Crippen LogP contribution in [0.3, 0.4) is 0 Å². The van der Waals surface area contributed by atoms with E-state index < -0.39 is 5.97 Å². The van der Waals surface area contributed by atoms with Gasteiger partial charge in [-0.2, -0.15) is 0 Å². The summed E-state index contributed by atoms with van der Waals surface area (Å²) in [6.07, 6.45) is 2.02. The van der Waals surface area contributed by atoms with E-state index in [1.165, 1.54) is 5.56 Å². The first kappa shape index (κ1) is 17.5. The maximum absolute atomic E-state index is 10.5. The molecular weight excluding hydrogens is 316 g/mol. The van der Waals surface area contributed by atoms with Crippen LogP contribution < -0.4 is 4.74 Å². The predicted molar refractivity (Wildman–Crippen MR) is 97.0 cm³/mol. The molecule has 1 N–H and O–H groups in total. The van der Waals surface area contributed by atoms with Crippen LogP contribution in [0.1, 0.15) is 38.2 Å². The summed E-state index contributed by atoms with van der Waals surface area (Å²) in [6, 6.07) is 16.7. The molecule has 3 rings (SSSR count). The van der Waals surface area contributed by atoms with Crippen LogP contribution in [0, 0.1) is 0 Å². The lowest BCUT2D eigenvalue weighted by Crippen LogP contribution is -2.31. The third-order valence-electron chi connectivity index (χ3n) is 4.46. The molecule has 2 aromatic carbocycles. The Morgan fingerprint density at radius 1 is 1.12 bits per heavy atom. The third-order valence-corrected chi connectivity index (χ3v) is 4.46. The van der Waals surface area contributed by atoms with Crippen molar-refractivity contribution < 1.29 is 19.4 Å². The minimum atomic E-state index is -0.906. The Kier molecular flexibility index (Phi) is 5.39. The second-order valence-electron chi connectivity index (χ2n) is 6.81. The zero-order valence-corrected chi connectivity index (χ0v) is 14.6. The van der Waals surface area contributed by atoms with Crippen LogP contribution in [-0.4, -0.2) is 29.9 Å². The van der Waals surface area contributed by atoms with E-state index in [4.69, 9.17) is 14.6 Å². The van der Waals surface area contributed by atoms with Gasteiger partial charge < -0.3 is 14.6 Å². The van der Waals surface area contributed by atoms with Crippen molar-refractivity contribution in [2.45, 2.75) is 44.8 Å². The molecule has 1 fully saturated rings. The topological polar surface area (TPSA) is 55.8 Å². The molecule has 0 bridgehead atoms. The van der Waals surface area contributed by atoms with Crippen molar-refractivity contribution in [2.75, 3.05) is 6.61 Å². The summed E-state index contributed by atoms with van der Waals surface area (Å²) in [5.41, 5.74) is 3.59. The fourth-order valence-corrected chi connectivity index (χ4v) is 3.13. The molecule has 0 heterocycles. The summed E-state index contributed by atoms with van der Waals surface area (Å²) < 4.78 is 11.1. The lowest BCUT2D eigenvalue weighted by molar-refractivity contribution is -0.146. The van der Waals surface area contributed by atoms with E-state index in [2.05, 4.69) is 36.4 Å². The lowest BCUT2D eigenvalue weighted by Gasteiger charge is -2.35. The van der Waals surface area contributed by atoms with Gasteiger partial charge in [0.2, 0.25) is 0 Å². The van der Waals surface area contributed by atoms with Crippen LogP contribution >= 0.6 is 0 Å². The second kappa shape index (κ2) is 7.70. The Bertz CT molecular complexity index is 715. The maximum Gasteiger partial charge on any atom is 0.329 e. The third kappa shape index (κ3) is 4.60. The average Bonchev–Trinajstić information content (AvgIpc) is 2.53. The molecule has 132 valence electrons. The molecule has 4 nitrogen and oxygen atoms in total. The van der Waals surface area contributed by atoms with E-state index in [9.17, 15) is 4.79 Å². The SMILES string of the molecule is CC(C)Oc1cccc(-c2ccc([C@H]3C[C@@H](OCC(=O)O)C3)cc2)c1. The molecule has 2 aromatic rings. The van der Waals surface area contributed by atoms with Gasteiger partial charge in [0, 0.05) is 0 Å². The number of benzene rings is 2. The Labute approximate surface area is 148 Å². The van der Waals surface area contributed by atoms with Gasteiger partial charge in [0.05, 0.1) is 12.2 Å².